The fourth-order valence-electron chi connectivity index (χ4n) is 9.04. The van der Waals surface area contributed by atoms with Crippen molar-refractivity contribution in [2.24, 2.45) is 52.3 Å². The van der Waals surface area contributed by atoms with E-state index in [-0.39, 0.29) is 6.10 Å². The van der Waals surface area contributed by atoms with Crippen LogP contribution in [0.5, 0.6) is 0 Å². The van der Waals surface area contributed by atoms with Gasteiger partial charge in [0, 0.05) is 0 Å². The third kappa shape index (κ3) is 3.70. The van der Waals surface area contributed by atoms with Gasteiger partial charge in [0.05, 0.1) is 6.10 Å². The van der Waals surface area contributed by atoms with Crippen LogP contribution in [0.3, 0.4) is 0 Å². The molecule has 3 fully saturated rings. The predicted octanol–water partition coefficient (Wildman–Crippen LogP) is 8.19. The Labute approximate surface area is 193 Å². The Morgan fingerprint density at radius 1 is 1.00 bits per heavy atom. The minimum atomic E-state index is -0.0684. The van der Waals surface area contributed by atoms with Gasteiger partial charge in [-0.25, -0.2) is 0 Å². The van der Waals surface area contributed by atoms with E-state index in [4.69, 9.17) is 0 Å². The molecule has 0 spiro atoms. The number of fused-ring (bicyclic) bond motifs is 4. The lowest BCUT2D eigenvalue weighted by atomic mass is 9.47. The summed E-state index contributed by atoms with van der Waals surface area (Å²) in [6, 6.07) is 0. The summed E-state index contributed by atoms with van der Waals surface area (Å²) in [5.74, 6) is 4.88. The van der Waals surface area contributed by atoms with Crippen LogP contribution in [0.15, 0.2) is 22.8 Å². The highest BCUT2D eigenvalue weighted by Gasteiger charge is 2.56. The molecule has 1 N–H and O–H groups in total. The molecule has 176 valence electrons. The quantitative estimate of drug-likeness (QED) is 0.449. The summed E-state index contributed by atoms with van der Waals surface area (Å²) in [6.45, 7) is 19.6. The van der Waals surface area contributed by atoms with Crippen molar-refractivity contribution in [3.63, 3.8) is 0 Å². The van der Waals surface area contributed by atoms with Crippen LogP contribution in [0, 0.1) is 52.3 Å². The molecule has 4 aliphatic rings. The number of hydrogen-bond acceptors (Lipinski definition) is 1. The Balaban J connectivity index is 1.61. The van der Waals surface area contributed by atoms with Gasteiger partial charge in [-0.15, -0.1) is 0 Å². The summed E-state index contributed by atoms with van der Waals surface area (Å²) in [5, 5.41) is 10.5. The number of aliphatic hydroxyl groups excluding tert-OH is 1. The smallest absolute Gasteiger partial charge is 0.0568 e. The largest absolute Gasteiger partial charge is 0.393 e. The van der Waals surface area contributed by atoms with E-state index in [1.807, 2.05) is 11.1 Å². The maximum absolute atomic E-state index is 10.5. The van der Waals surface area contributed by atoms with E-state index < -0.39 is 0 Å². The van der Waals surface area contributed by atoms with Crippen LogP contribution >= 0.6 is 0 Å². The van der Waals surface area contributed by atoms with E-state index >= 15 is 0 Å². The third-order valence-electron chi connectivity index (χ3n) is 11.4. The Morgan fingerprint density at radius 2 is 1.71 bits per heavy atom. The average molecular weight is 427 g/mol. The lowest BCUT2D eigenvalue weighted by Crippen LogP contribution is -2.51. The van der Waals surface area contributed by atoms with Crippen LogP contribution in [0.1, 0.15) is 107 Å². The van der Waals surface area contributed by atoms with E-state index in [9.17, 15) is 5.11 Å². The Hall–Kier alpha value is -0.560. The maximum atomic E-state index is 10.5. The SMILES string of the molecule is CC(=CC(C)C1CCC2=C3CCC4C(C)C(O)CCC4(C)C3CCC21C)C(C)C(C)C. The second-order valence-electron chi connectivity index (χ2n) is 13.1. The molecule has 4 rings (SSSR count). The molecule has 0 aromatic carbocycles. The fraction of sp³-hybridized carbons (Fsp3) is 0.867. The molecule has 9 atom stereocenters. The molecule has 0 aliphatic heterocycles. The maximum Gasteiger partial charge on any atom is 0.0568 e. The van der Waals surface area contributed by atoms with E-state index in [1.165, 1.54) is 44.9 Å². The van der Waals surface area contributed by atoms with Gasteiger partial charge in [0.1, 0.15) is 0 Å². The van der Waals surface area contributed by atoms with Crippen molar-refractivity contribution in [2.45, 2.75) is 113 Å². The van der Waals surface area contributed by atoms with Gasteiger partial charge in [0.2, 0.25) is 0 Å². The Morgan fingerprint density at radius 3 is 2.39 bits per heavy atom. The zero-order valence-electron chi connectivity index (χ0n) is 21.8. The van der Waals surface area contributed by atoms with Crippen LogP contribution in [0.25, 0.3) is 0 Å². The van der Waals surface area contributed by atoms with Crippen molar-refractivity contribution in [1.29, 1.82) is 0 Å². The highest BCUT2D eigenvalue weighted by atomic mass is 16.3. The van der Waals surface area contributed by atoms with Gasteiger partial charge in [0.25, 0.3) is 0 Å². The fourth-order valence-corrected chi connectivity index (χ4v) is 9.04. The summed E-state index contributed by atoms with van der Waals surface area (Å²) < 4.78 is 0. The summed E-state index contributed by atoms with van der Waals surface area (Å²) in [7, 11) is 0. The standard InChI is InChI=1S/C30H50O/c1-18(2)21(5)19(3)17-20(4)24-11-12-26-23-9-10-25-22(6)28(31)14-16-30(25,8)27(23)13-15-29(24,26)7/h17-18,20-22,24-25,27-28,31H,9-16H2,1-8H3. The van der Waals surface area contributed by atoms with E-state index in [2.05, 4.69) is 61.5 Å². The van der Waals surface area contributed by atoms with Gasteiger partial charge in [0.15, 0.2) is 0 Å². The monoisotopic (exact) mass is 426 g/mol. The molecule has 0 aromatic heterocycles. The number of aliphatic hydroxyl groups is 1. The van der Waals surface area contributed by atoms with Crippen molar-refractivity contribution in [3.8, 4) is 0 Å². The van der Waals surface area contributed by atoms with Crippen LogP contribution in [-0.2, 0) is 0 Å². The highest BCUT2D eigenvalue weighted by Crippen LogP contribution is 2.66. The van der Waals surface area contributed by atoms with Crippen molar-refractivity contribution in [3.05, 3.63) is 22.8 Å². The Kier molecular flexibility index (Phi) is 6.35. The summed E-state index contributed by atoms with van der Waals surface area (Å²) in [5.41, 5.74) is 6.23. The van der Waals surface area contributed by atoms with Gasteiger partial charge in [-0.05, 0) is 111 Å². The van der Waals surface area contributed by atoms with E-state index in [0.717, 1.165) is 24.2 Å². The lowest BCUT2D eigenvalue weighted by Gasteiger charge is -2.58. The van der Waals surface area contributed by atoms with Crippen LogP contribution < -0.4 is 0 Å². The molecular weight excluding hydrogens is 376 g/mol. The summed E-state index contributed by atoms with van der Waals surface area (Å²) in [6.07, 6.45) is 13.0. The van der Waals surface area contributed by atoms with Crippen molar-refractivity contribution in [1.82, 2.24) is 0 Å². The van der Waals surface area contributed by atoms with Gasteiger partial charge < -0.3 is 5.11 Å². The van der Waals surface area contributed by atoms with Crippen molar-refractivity contribution >= 4 is 0 Å². The molecule has 0 saturated heterocycles. The van der Waals surface area contributed by atoms with Gasteiger partial charge in [-0.1, -0.05) is 71.3 Å². The van der Waals surface area contributed by atoms with E-state index in [1.54, 1.807) is 5.57 Å². The van der Waals surface area contributed by atoms with Crippen LogP contribution in [0.4, 0.5) is 0 Å². The van der Waals surface area contributed by atoms with Crippen molar-refractivity contribution in [2.75, 3.05) is 0 Å². The second-order valence-corrected chi connectivity index (χ2v) is 13.1. The molecule has 0 bridgehead atoms. The zero-order chi connectivity index (χ0) is 22.7. The lowest BCUT2D eigenvalue weighted by molar-refractivity contribution is -0.0777. The second kappa shape index (κ2) is 8.34. The minimum Gasteiger partial charge on any atom is -0.393 e. The molecule has 3 saturated carbocycles. The van der Waals surface area contributed by atoms with Gasteiger partial charge >= 0.3 is 0 Å². The molecule has 31 heavy (non-hydrogen) atoms. The first-order chi connectivity index (χ1) is 14.5. The molecule has 1 heteroatoms. The third-order valence-corrected chi connectivity index (χ3v) is 11.4. The van der Waals surface area contributed by atoms with E-state index in [0.29, 0.717) is 34.5 Å². The molecule has 9 unspecified atom stereocenters. The van der Waals surface area contributed by atoms with Crippen molar-refractivity contribution < 1.29 is 5.11 Å². The first-order valence-corrected chi connectivity index (χ1v) is 13.6. The number of hydrogen-bond donors (Lipinski definition) is 1. The molecule has 1 nitrogen and oxygen atoms in total. The Bertz CT molecular complexity index is 744. The van der Waals surface area contributed by atoms with Gasteiger partial charge in [-0.3, -0.25) is 0 Å². The number of allylic oxidation sites excluding steroid dienone is 4. The summed E-state index contributed by atoms with van der Waals surface area (Å²) >= 11 is 0. The first-order valence-electron chi connectivity index (χ1n) is 13.6. The molecule has 0 radical (unpaired) electrons. The molecule has 0 heterocycles. The highest BCUT2D eigenvalue weighted by molar-refractivity contribution is 5.35. The topological polar surface area (TPSA) is 20.2 Å². The van der Waals surface area contributed by atoms with Crippen LogP contribution in [0.2, 0.25) is 0 Å². The van der Waals surface area contributed by atoms with Crippen LogP contribution in [-0.4, -0.2) is 11.2 Å². The number of rotatable bonds is 4. The normalized spacial score (nSPS) is 45.2. The molecular formula is C30H50O. The molecule has 0 amide bonds. The molecule has 0 aromatic rings. The molecule has 4 aliphatic carbocycles. The minimum absolute atomic E-state index is 0.0684. The first kappa shape index (κ1) is 23.6. The predicted molar refractivity (Wildman–Crippen MR) is 133 cm³/mol. The van der Waals surface area contributed by atoms with Gasteiger partial charge in [-0.2, -0.15) is 0 Å². The average Bonchev–Trinajstić information content (AvgIpc) is 3.07. The zero-order valence-corrected chi connectivity index (χ0v) is 21.8. The summed E-state index contributed by atoms with van der Waals surface area (Å²) in [4.78, 5) is 0.